The first-order chi connectivity index (χ1) is 15.0. The van der Waals surface area contributed by atoms with Crippen LogP contribution in [0.5, 0.6) is 11.5 Å². The van der Waals surface area contributed by atoms with Gasteiger partial charge >= 0.3 is 0 Å². The molecular formula is C27H36N2O2. The van der Waals surface area contributed by atoms with E-state index in [2.05, 4.69) is 35.9 Å². The van der Waals surface area contributed by atoms with Crippen LogP contribution in [0.15, 0.2) is 55.6 Å². The molecule has 0 radical (unpaired) electrons. The van der Waals surface area contributed by atoms with E-state index in [0.717, 1.165) is 55.7 Å². The number of piperazine rings is 1. The number of nitrogens with zero attached hydrogens (tertiary/aromatic N) is 2. The van der Waals surface area contributed by atoms with E-state index in [4.69, 9.17) is 0 Å². The summed E-state index contributed by atoms with van der Waals surface area (Å²) in [7, 11) is 0. The summed E-state index contributed by atoms with van der Waals surface area (Å²) in [5.41, 5.74) is 4.40. The topological polar surface area (TPSA) is 46.9 Å². The largest absolute Gasteiger partial charge is 0.507 e. The van der Waals surface area contributed by atoms with Crippen molar-refractivity contribution in [1.29, 1.82) is 0 Å². The Hall–Kier alpha value is -2.56. The molecule has 1 aliphatic rings. The Morgan fingerprint density at radius 1 is 0.871 bits per heavy atom. The Kier molecular flexibility index (Phi) is 8.33. The van der Waals surface area contributed by atoms with Gasteiger partial charge in [0, 0.05) is 49.4 Å². The Labute approximate surface area is 187 Å². The zero-order valence-corrected chi connectivity index (χ0v) is 18.8. The van der Waals surface area contributed by atoms with Crippen molar-refractivity contribution in [1.82, 2.24) is 9.80 Å². The number of phenolic OH excluding ortho intramolecular Hbond substituents is 2. The Balaban J connectivity index is 1.87. The Bertz CT molecular complexity index is 898. The number of benzene rings is 2. The maximum atomic E-state index is 11.2. The summed E-state index contributed by atoms with van der Waals surface area (Å²) in [5, 5.41) is 21.7. The second kappa shape index (κ2) is 11.2. The summed E-state index contributed by atoms with van der Waals surface area (Å²) in [5.74, 6) is 0.432. The van der Waals surface area contributed by atoms with Crippen molar-refractivity contribution in [2.75, 3.05) is 32.7 Å². The summed E-state index contributed by atoms with van der Waals surface area (Å²) in [6.45, 7) is 16.0. The van der Waals surface area contributed by atoms with E-state index in [-0.39, 0.29) is 11.5 Å². The van der Waals surface area contributed by atoms with E-state index in [0.29, 0.717) is 17.7 Å². The highest BCUT2D eigenvalue weighted by Crippen LogP contribution is 2.39. The van der Waals surface area contributed by atoms with Crippen LogP contribution in [0, 0.1) is 0 Å². The van der Waals surface area contributed by atoms with Crippen LogP contribution in [0.25, 0.3) is 11.1 Å². The molecule has 4 heteroatoms. The fourth-order valence-corrected chi connectivity index (χ4v) is 4.26. The van der Waals surface area contributed by atoms with E-state index in [9.17, 15) is 10.2 Å². The van der Waals surface area contributed by atoms with Crippen molar-refractivity contribution in [3.8, 4) is 22.6 Å². The van der Waals surface area contributed by atoms with Gasteiger partial charge in [0.2, 0.25) is 0 Å². The van der Waals surface area contributed by atoms with Crippen LogP contribution in [0.3, 0.4) is 0 Å². The van der Waals surface area contributed by atoms with Crippen molar-refractivity contribution < 1.29 is 10.2 Å². The van der Waals surface area contributed by atoms with Crippen LogP contribution in [0.2, 0.25) is 0 Å². The fourth-order valence-electron chi connectivity index (χ4n) is 4.26. The maximum Gasteiger partial charge on any atom is 0.128 e. The van der Waals surface area contributed by atoms with Crippen LogP contribution in [0.1, 0.15) is 36.5 Å². The molecule has 2 aromatic carbocycles. The van der Waals surface area contributed by atoms with Gasteiger partial charge in [0.25, 0.3) is 0 Å². The van der Waals surface area contributed by atoms with Gasteiger partial charge in [0.1, 0.15) is 11.5 Å². The standard InChI is InChI=1S/C27H36N2O2/c1-4-7-12-28-13-15-29(16-14-28)20-23-17-22(9-6-3)19-25(27(23)31)24-18-21(8-5-2)10-11-26(24)30/h5-6,10-11,17-19,30-31H,2-4,7-9,12-16,20H2,1H3. The third-order valence-corrected chi connectivity index (χ3v) is 6.05. The van der Waals surface area contributed by atoms with Crippen LogP contribution >= 0.6 is 0 Å². The summed E-state index contributed by atoms with van der Waals surface area (Å²) in [6.07, 6.45) is 7.64. The molecule has 1 aliphatic heterocycles. The summed E-state index contributed by atoms with van der Waals surface area (Å²) in [6, 6.07) is 9.58. The van der Waals surface area contributed by atoms with E-state index < -0.39 is 0 Å². The fraction of sp³-hybridized carbons (Fsp3) is 0.407. The van der Waals surface area contributed by atoms with Crippen molar-refractivity contribution in [3.63, 3.8) is 0 Å². The predicted molar refractivity (Wildman–Crippen MR) is 130 cm³/mol. The molecule has 0 unspecified atom stereocenters. The molecule has 2 aromatic rings. The monoisotopic (exact) mass is 420 g/mol. The van der Waals surface area contributed by atoms with Crippen molar-refractivity contribution in [3.05, 3.63) is 72.3 Å². The zero-order chi connectivity index (χ0) is 22.2. The molecule has 4 nitrogen and oxygen atoms in total. The SMILES string of the molecule is C=CCc1ccc(O)c(-c2cc(CC=C)cc(CN3CCN(CCCC)CC3)c2O)c1. The highest BCUT2D eigenvalue weighted by Gasteiger charge is 2.20. The lowest BCUT2D eigenvalue weighted by molar-refractivity contribution is 0.125. The molecule has 0 saturated carbocycles. The quantitative estimate of drug-likeness (QED) is 0.523. The van der Waals surface area contributed by atoms with Gasteiger partial charge in [-0.3, -0.25) is 4.90 Å². The van der Waals surface area contributed by atoms with Crippen LogP contribution in [0.4, 0.5) is 0 Å². The number of unbranched alkanes of at least 4 members (excludes halogenated alkanes) is 1. The van der Waals surface area contributed by atoms with E-state index in [1.165, 1.54) is 19.4 Å². The molecule has 1 saturated heterocycles. The van der Waals surface area contributed by atoms with E-state index >= 15 is 0 Å². The van der Waals surface area contributed by atoms with Gasteiger partial charge in [-0.15, -0.1) is 13.2 Å². The molecule has 166 valence electrons. The van der Waals surface area contributed by atoms with Gasteiger partial charge in [0.05, 0.1) is 0 Å². The lowest BCUT2D eigenvalue weighted by atomic mass is 9.94. The highest BCUT2D eigenvalue weighted by molar-refractivity contribution is 5.78. The molecule has 0 aromatic heterocycles. The van der Waals surface area contributed by atoms with Gasteiger partial charge in [-0.1, -0.05) is 37.6 Å². The average Bonchev–Trinajstić information content (AvgIpc) is 2.77. The van der Waals surface area contributed by atoms with Crippen LogP contribution in [-0.2, 0) is 19.4 Å². The summed E-state index contributed by atoms with van der Waals surface area (Å²) in [4.78, 5) is 4.94. The second-order valence-electron chi connectivity index (χ2n) is 8.46. The first-order valence-corrected chi connectivity index (χ1v) is 11.4. The Morgan fingerprint density at radius 2 is 1.52 bits per heavy atom. The molecule has 0 bridgehead atoms. The molecule has 3 rings (SSSR count). The lowest BCUT2D eigenvalue weighted by Gasteiger charge is -2.35. The second-order valence-corrected chi connectivity index (χ2v) is 8.46. The van der Waals surface area contributed by atoms with Gasteiger partial charge < -0.3 is 15.1 Å². The smallest absolute Gasteiger partial charge is 0.128 e. The van der Waals surface area contributed by atoms with Crippen LogP contribution in [-0.4, -0.2) is 52.7 Å². The Morgan fingerprint density at radius 3 is 2.19 bits per heavy atom. The molecule has 0 atom stereocenters. The molecule has 1 fully saturated rings. The molecule has 0 aliphatic carbocycles. The molecule has 1 heterocycles. The molecular weight excluding hydrogens is 384 g/mol. The maximum absolute atomic E-state index is 11.2. The van der Waals surface area contributed by atoms with Gasteiger partial charge in [-0.05, 0) is 55.1 Å². The van der Waals surface area contributed by atoms with Crippen molar-refractivity contribution in [2.45, 2.75) is 39.2 Å². The highest BCUT2D eigenvalue weighted by atomic mass is 16.3. The first kappa shape index (κ1) is 23.1. The number of allylic oxidation sites excluding steroid dienone is 2. The molecule has 2 N–H and O–H groups in total. The summed E-state index contributed by atoms with van der Waals surface area (Å²) < 4.78 is 0. The minimum Gasteiger partial charge on any atom is -0.507 e. The lowest BCUT2D eigenvalue weighted by Crippen LogP contribution is -2.46. The predicted octanol–water partition coefficient (Wildman–Crippen LogP) is 5.14. The molecule has 0 spiro atoms. The third-order valence-electron chi connectivity index (χ3n) is 6.05. The van der Waals surface area contributed by atoms with Gasteiger partial charge in [0.15, 0.2) is 0 Å². The van der Waals surface area contributed by atoms with Crippen molar-refractivity contribution in [2.24, 2.45) is 0 Å². The van der Waals surface area contributed by atoms with Gasteiger partial charge in [-0.25, -0.2) is 0 Å². The average molecular weight is 421 g/mol. The summed E-state index contributed by atoms with van der Waals surface area (Å²) >= 11 is 0. The van der Waals surface area contributed by atoms with Crippen LogP contribution < -0.4 is 0 Å². The molecule has 0 amide bonds. The van der Waals surface area contributed by atoms with E-state index in [1.807, 2.05) is 30.4 Å². The normalized spacial score (nSPS) is 15.1. The molecule has 31 heavy (non-hydrogen) atoms. The third kappa shape index (κ3) is 5.99. The number of phenols is 2. The number of rotatable bonds is 10. The van der Waals surface area contributed by atoms with Gasteiger partial charge in [-0.2, -0.15) is 0 Å². The van der Waals surface area contributed by atoms with Crippen molar-refractivity contribution >= 4 is 0 Å². The first-order valence-electron chi connectivity index (χ1n) is 11.4. The number of aromatic hydroxyl groups is 2. The minimum atomic E-state index is 0.175. The minimum absolute atomic E-state index is 0.175. The van der Waals surface area contributed by atoms with E-state index in [1.54, 1.807) is 6.07 Å². The number of hydrogen-bond acceptors (Lipinski definition) is 4. The number of hydrogen-bond donors (Lipinski definition) is 2. The zero-order valence-electron chi connectivity index (χ0n) is 18.8.